The number of amides is 1. The van der Waals surface area contributed by atoms with Gasteiger partial charge in [0.2, 0.25) is 0 Å². The van der Waals surface area contributed by atoms with Crippen molar-refractivity contribution in [3.05, 3.63) is 35.3 Å². The van der Waals surface area contributed by atoms with Crippen molar-refractivity contribution in [1.82, 2.24) is 5.32 Å². The molecule has 2 heterocycles. The number of hydrogen-bond acceptors (Lipinski definition) is 9. The number of nitrogens with zero attached hydrogens (tertiary/aromatic N) is 2. The molecule has 0 atom stereocenters. The standard InChI is InChI=1S/C24H32FN3O7/c1-24(2,3)35-23(31)26-15-9-11-27(12-10-15)18-8-6-7-17(25)20(18)28-14-34-13-16(21(29)32-4)19(28)22(30)33-5/h6-8,15H,9-14H2,1-5H3,(H,26,31). The summed E-state index contributed by atoms with van der Waals surface area (Å²) < 4.78 is 35.8. The van der Waals surface area contributed by atoms with Gasteiger partial charge in [0.15, 0.2) is 0 Å². The Balaban J connectivity index is 1.86. The second kappa shape index (κ2) is 10.9. The number of para-hydroxylation sites is 1. The molecule has 0 bridgehead atoms. The van der Waals surface area contributed by atoms with Crippen LogP contribution < -0.4 is 15.1 Å². The molecule has 35 heavy (non-hydrogen) atoms. The Labute approximate surface area is 203 Å². The molecule has 11 heteroatoms. The van der Waals surface area contributed by atoms with Crippen molar-refractivity contribution in [3.8, 4) is 0 Å². The summed E-state index contributed by atoms with van der Waals surface area (Å²) in [4.78, 5) is 40.4. The van der Waals surface area contributed by atoms with Gasteiger partial charge in [-0.15, -0.1) is 0 Å². The molecule has 10 nitrogen and oxygen atoms in total. The minimum Gasteiger partial charge on any atom is -0.466 e. The molecule has 0 radical (unpaired) electrons. The Bertz CT molecular complexity index is 997. The van der Waals surface area contributed by atoms with Crippen molar-refractivity contribution in [2.24, 2.45) is 0 Å². The van der Waals surface area contributed by atoms with E-state index in [1.165, 1.54) is 25.2 Å². The van der Waals surface area contributed by atoms with E-state index in [4.69, 9.17) is 18.9 Å². The van der Waals surface area contributed by atoms with Gasteiger partial charge < -0.3 is 34.1 Å². The van der Waals surface area contributed by atoms with E-state index in [2.05, 4.69) is 5.32 Å². The number of benzene rings is 1. The average Bonchev–Trinajstić information content (AvgIpc) is 2.81. The van der Waals surface area contributed by atoms with Crippen molar-refractivity contribution in [2.75, 3.05) is 50.4 Å². The van der Waals surface area contributed by atoms with E-state index >= 15 is 4.39 Å². The first kappa shape index (κ1) is 26.3. The van der Waals surface area contributed by atoms with Crippen LogP contribution in [0.5, 0.6) is 0 Å². The van der Waals surface area contributed by atoms with Crippen LogP contribution in [-0.2, 0) is 28.5 Å². The molecule has 0 spiro atoms. The molecular weight excluding hydrogens is 461 g/mol. The largest absolute Gasteiger partial charge is 0.466 e. The predicted molar refractivity (Wildman–Crippen MR) is 125 cm³/mol. The molecule has 1 amide bonds. The van der Waals surface area contributed by atoms with Crippen molar-refractivity contribution in [2.45, 2.75) is 45.3 Å². The molecule has 0 saturated carbocycles. The molecule has 2 aliphatic heterocycles. The zero-order valence-corrected chi connectivity index (χ0v) is 20.7. The molecule has 192 valence electrons. The van der Waals surface area contributed by atoms with Crippen LogP contribution in [0, 0.1) is 5.82 Å². The lowest BCUT2D eigenvalue weighted by atomic mass is 10.0. The van der Waals surface area contributed by atoms with E-state index in [0.29, 0.717) is 31.6 Å². The highest BCUT2D eigenvalue weighted by Gasteiger charge is 2.36. The molecule has 0 unspecified atom stereocenters. The minimum atomic E-state index is -0.803. The number of anilines is 2. The fraction of sp³-hybridized carbons (Fsp3) is 0.542. The van der Waals surface area contributed by atoms with Crippen LogP contribution in [0.1, 0.15) is 33.6 Å². The van der Waals surface area contributed by atoms with Gasteiger partial charge >= 0.3 is 18.0 Å². The third-order valence-electron chi connectivity index (χ3n) is 5.62. The summed E-state index contributed by atoms with van der Waals surface area (Å²) in [5.74, 6) is -2.15. The number of nitrogens with one attached hydrogen (secondary N) is 1. The van der Waals surface area contributed by atoms with Gasteiger partial charge in [-0.25, -0.2) is 18.8 Å². The van der Waals surface area contributed by atoms with Gasteiger partial charge in [0.05, 0.1) is 32.1 Å². The number of ether oxygens (including phenoxy) is 4. The van der Waals surface area contributed by atoms with Gasteiger partial charge in [0.25, 0.3) is 0 Å². The summed E-state index contributed by atoms with van der Waals surface area (Å²) in [6.07, 6.45) is 0.744. The Morgan fingerprint density at radius 3 is 2.34 bits per heavy atom. The molecular formula is C24H32FN3O7. The average molecular weight is 494 g/mol. The second-order valence-electron chi connectivity index (χ2n) is 9.23. The van der Waals surface area contributed by atoms with Gasteiger partial charge in [0.1, 0.15) is 29.5 Å². The summed E-state index contributed by atoms with van der Waals surface area (Å²) in [6.45, 7) is 6.11. The third kappa shape index (κ3) is 6.21. The van der Waals surface area contributed by atoms with E-state index in [0.717, 1.165) is 0 Å². The van der Waals surface area contributed by atoms with Crippen molar-refractivity contribution in [1.29, 1.82) is 0 Å². The smallest absolute Gasteiger partial charge is 0.407 e. The first-order chi connectivity index (χ1) is 16.6. The van der Waals surface area contributed by atoms with Gasteiger partial charge in [-0.2, -0.15) is 0 Å². The van der Waals surface area contributed by atoms with Crippen LogP contribution in [0.25, 0.3) is 0 Å². The molecule has 1 fully saturated rings. The minimum absolute atomic E-state index is 0.0555. The summed E-state index contributed by atoms with van der Waals surface area (Å²) in [7, 11) is 2.37. The molecule has 0 aromatic heterocycles. The number of piperidine rings is 1. The van der Waals surface area contributed by atoms with Gasteiger partial charge in [-0.1, -0.05) is 6.07 Å². The number of alkyl carbamates (subject to hydrolysis) is 1. The lowest BCUT2D eigenvalue weighted by molar-refractivity contribution is -0.140. The fourth-order valence-corrected chi connectivity index (χ4v) is 4.09. The zero-order valence-electron chi connectivity index (χ0n) is 20.7. The van der Waals surface area contributed by atoms with Crippen LogP contribution in [0.2, 0.25) is 0 Å². The monoisotopic (exact) mass is 493 g/mol. The Morgan fingerprint density at radius 1 is 1.09 bits per heavy atom. The summed E-state index contributed by atoms with van der Waals surface area (Å²) >= 11 is 0. The first-order valence-corrected chi connectivity index (χ1v) is 11.3. The number of esters is 2. The summed E-state index contributed by atoms with van der Waals surface area (Å²) in [5, 5.41) is 2.88. The molecule has 1 aromatic carbocycles. The Kier molecular flexibility index (Phi) is 8.21. The number of carbonyl (C=O) groups excluding carboxylic acids is 3. The Morgan fingerprint density at radius 2 is 1.74 bits per heavy atom. The van der Waals surface area contributed by atoms with E-state index < -0.39 is 29.5 Å². The van der Waals surface area contributed by atoms with Crippen molar-refractivity contribution < 1.29 is 37.7 Å². The molecule has 2 aliphatic rings. The van der Waals surface area contributed by atoms with Crippen LogP contribution in [0.3, 0.4) is 0 Å². The van der Waals surface area contributed by atoms with Crippen molar-refractivity contribution in [3.63, 3.8) is 0 Å². The van der Waals surface area contributed by atoms with Crippen LogP contribution in [0.4, 0.5) is 20.6 Å². The molecule has 0 aliphatic carbocycles. The van der Waals surface area contributed by atoms with E-state index in [1.54, 1.807) is 32.9 Å². The number of methoxy groups -OCH3 is 2. The Hall–Kier alpha value is -3.34. The SMILES string of the molecule is COC(=O)C1=C(C(=O)OC)N(c2c(F)cccc2N2CCC(NC(=O)OC(C)(C)C)CC2)COC1. The first-order valence-electron chi connectivity index (χ1n) is 11.3. The number of rotatable bonds is 5. The maximum Gasteiger partial charge on any atom is 0.407 e. The van der Waals surface area contributed by atoms with Gasteiger partial charge in [0, 0.05) is 19.1 Å². The highest BCUT2D eigenvalue weighted by Crippen LogP contribution is 2.38. The quantitative estimate of drug-likeness (QED) is 0.489. The highest BCUT2D eigenvalue weighted by molar-refractivity contribution is 6.04. The second-order valence-corrected chi connectivity index (χ2v) is 9.23. The highest BCUT2D eigenvalue weighted by atomic mass is 19.1. The number of carbonyl (C=O) groups is 3. The van der Waals surface area contributed by atoms with Crippen LogP contribution >= 0.6 is 0 Å². The summed E-state index contributed by atoms with van der Waals surface area (Å²) in [6, 6.07) is 4.50. The van der Waals surface area contributed by atoms with E-state index in [9.17, 15) is 14.4 Å². The molecule has 1 N–H and O–H groups in total. The number of hydrogen-bond donors (Lipinski definition) is 1. The van der Waals surface area contributed by atoms with E-state index in [1.807, 2.05) is 4.90 Å². The fourth-order valence-electron chi connectivity index (χ4n) is 4.09. The number of halogens is 1. The maximum atomic E-state index is 15.3. The van der Waals surface area contributed by atoms with E-state index in [-0.39, 0.29) is 36.3 Å². The topological polar surface area (TPSA) is 107 Å². The van der Waals surface area contributed by atoms with Crippen molar-refractivity contribution >= 4 is 29.4 Å². The molecule has 1 saturated heterocycles. The third-order valence-corrected chi connectivity index (χ3v) is 5.62. The normalized spacial score (nSPS) is 17.2. The molecule has 3 rings (SSSR count). The van der Waals surface area contributed by atoms with Crippen LogP contribution in [0.15, 0.2) is 29.5 Å². The van der Waals surface area contributed by atoms with Gasteiger partial charge in [-0.3, -0.25) is 0 Å². The zero-order chi connectivity index (χ0) is 25.8. The summed E-state index contributed by atoms with van der Waals surface area (Å²) in [5.41, 5.74) is -0.158. The lowest BCUT2D eigenvalue weighted by Crippen LogP contribution is -2.46. The lowest BCUT2D eigenvalue weighted by Gasteiger charge is -2.38. The predicted octanol–water partition coefficient (Wildman–Crippen LogP) is 2.71. The molecule has 1 aromatic rings. The maximum absolute atomic E-state index is 15.3. The van der Waals surface area contributed by atoms with Crippen LogP contribution in [-0.4, -0.2) is 70.3 Å². The van der Waals surface area contributed by atoms with Gasteiger partial charge in [-0.05, 0) is 45.7 Å².